The summed E-state index contributed by atoms with van der Waals surface area (Å²) in [5.74, 6) is 2.18. The number of aromatic nitrogens is 2. The van der Waals surface area contributed by atoms with Gasteiger partial charge in [-0.3, -0.25) is 9.69 Å². The molecule has 0 saturated carbocycles. The van der Waals surface area contributed by atoms with Gasteiger partial charge >= 0.3 is 0 Å². The first-order chi connectivity index (χ1) is 14.9. The predicted molar refractivity (Wildman–Crippen MR) is 121 cm³/mol. The van der Waals surface area contributed by atoms with Crippen LogP contribution < -0.4 is 0 Å². The highest BCUT2D eigenvalue weighted by molar-refractivity contribution is 5.94. The molecule has 2 aromatic rings. The molecule has 2 saturated heterocycles. The lowest BCUT2D eigenvalue weighted by Gasteiger charge is -2.40. The molecule has 1 atom stereocenters. The Hall–Kier alpha value is -2.21. The van der Waals surface area contributed by atoms with Crippen LogP contribution in [0.2, 0.25) is 0 Å². The number of carbonyl (C=O) groups is 1. The number of carbonyl (C=O) groups excluding carboxylic acids is 1. The molecule has 1 amide bonds. The maximum atomic E-state index is 13.3. The van der Waals surface area contributed by atoms with Crippen LogP contribution in [0.1, 0.15) is 81.4 Å². The highest BCUT2D eigenvalue weighted by Gasteiger charge is 2.34. The summed E-state index contributed by atoms with van der Waals surface area (Å²) < 4.78 is 5.89. The van der Waals surface area contributed by atoms with Gasteiger partial charge in [-0.1, -0.05) is 51.8 Å². The predicted octanol–water partition coefficient (Wildman–Crippen LogP) is 4.66. The number of piperidine rings is 1. The van der Waals surface area contributed by atoms with Gasteiger partial charge in [-0.05, 0) is 56.8 Å². The van der Waals surface area contributed by atoms with Crippen molar-refractivity contribution >= 4 is 5.91 Å². The molecule has 3 heterocycles. The monoisotopic (exact) mass is 424 g/mol. The Morgan fingerprint density at radius 2 is 1.74 bits per heavy atom. The van der Waals surface area contributed by atoms with Gasteiger partial charge in [0.2, 0.25) is 11.8 Å². The number of rotatable bonds is 4. The normalized spacial score (nSPS) is 21.8. The van der Waals surface area contributed by atoms with E-state index < -0.39 is 0 Å². The summed E-state index contributed by atoms with van der Waals surface area (Å²) in [6.07, 6.45) is 6.91. The number of benzene rings is 1. The molecule has 0 N–H and O–H groups in total. The quantitative estimate of drug-likeness (QED) is 0.714. The third-order valence-electron chi connectivity index (χ3n) is 6.72. The first kappa shape index (κ1) is 22.0. The van der Waals surface area contributed by atoms with Crippen molar-refractivity contribution in [3.8, 4) is 0 Å². The molecular formula is C25H36N4O2. The second kappa shape index (κ2) is 9.51. The van der Waals surface area contributed by atoms with E-state index in [9.17, 15) is 4.79 Å². The molecule has 0 spiro atoms. The molecule has 6 heteroatoms. The number of likely N-dealkylation sites (tertiary alicyclic amines) is 2. The largest absolute Gasteiger partial charge is 0.423 e. The van der Waals surface area contributed by atoms with Crippen LogP contribution >= 0.6 is 0 Å². The van der Waals surface area contributed by atoms with Gasteiger partial charge in [-0.25, -0.2) is 0 Å². The zero-order valence-corrected chi connectivity index (χ0v) is 19.2. The van der Waals surface area contributed by atoms with Gasteiger partial charge in [0.15, 0.2) is 0 Å². The van der Waals surface area contributed by atoms with E-state index in [-0.39, 0.29) is 11.3 Å². The van der Waals surface area contributed by atoms with E-state index in [4.69, 9.17) is 4.42 Å². The number of amides is 1. The van der Waals surface area contributed by atoms with Crippen LogP contribution in [0.4, 0.5) is 0 Å². The van der Waals surface area contributed by atoms with Crippen LogP contribution in [0.3, 0.4) is 0 Å². The lowest BCUT2D eigenvalue weighted by atomic mass is 9.86. The molecule has 0 bridgehead atoms. The van der Waals surface area contributed by atoms with E-state index >= 15 is 0 Å². The van der Waals surface area contributed by atoms with E-state index in [1.54, 1.807) is 0 Å². The van der Waals surface area contributed by atoms with Crippen LogP contribution in [0.5, 0.6) is 0 Å². The van der Waals surface area contributed by atoms with Gasteiger partial charge in [0.1, 0.15) is 0 Å². The Labute approximate surface area is 186 Å². The zero-order valence-electron chi connectivity index (χ0n) is 19.2. The summed E-state index contributed by atoms with van der Waals surface area (Å²) in [5.41, 5.74) is 0.699. The van der Waals surface area contributed by atoms with Crippen molar-refractivity contribution in [1.29, 1.82) is 0 Å². The summed E-state index contributed by atoms with van der Waals surface area (Å²) in [5, 5.41) is 8.48. The second-order valence-corrected chi connectivity index (χ2v) is 10.1. The third kappa shape index (κ3) is 5.35. The van der Waals surface area contributed by atoms with Crippen LogP contribution in [-0.4, -0.2) is 51.6 Å². The van der Waals surface area contributed by atoms with Crippen LogP contribution in [0.25, 0.3) is 0 Å². The Morgan fingerprint density at radius 3 is 2.42 bits per heavy atom. The smallest absolute Gasteiger partial charge is 0.254 e. The summed E-state index contributed by atoms with van der Waals surface area (Å²) >= 11 is 0. The second-order valence-electron chi connectivity index (χ2n) is 10.1. The molecule has 1 aromatic carbocycles. The Bertz CT molecular complexity index is 850. The Kier molecular flexibility index (Phi) is 6.75. The maximum Gasteiger partial charge on any atom is 0.254 e. The molecule has 6 nitrogen and oxygen atoms in total. The van der Waals surface area contributed by atoms with Crippen molar-refractivity contribution in [2.75, 3.05) is 19.6 Å². The lowest BCUT2D eigenvalue weighted by Crippen LogP contribution is -2.47. The van der Waals surface area contributed by atoms with Gasteiger partial charge < -0.3 is 9.32 Å². The van der Waals surface area contributed by atoms with Gasteiger partial charge in [0.25, 0.3) is 5.91 Å². The van der Waals surface area contributed by atoms with Crippen LogP contribution in [-0.2, 0) is 12.0 Å². The number of nitrogens with zero attached hydrogens (tertiary/aromatic N) is 4. The van der Waals surface area contributed by atoms with Crippen molar-refractivity contribution in [3.05, 3.63) is 47.7 Å². The molecular weight excluding hydrogens is 388 g/mol. The molecule has 2 aliphatic rings. The van der Waals surface area contributed by atoms with E-state index in [2.05, 4.69) is 40.8 Å². The van der Waals surface area contributed by atoms with Crippen LogP contribution in [0.15, 0.2) is 34.7 Å². The van der Waals surface area contributed by atoms with Crippen molar-refractivity contribution < 1.29 is 9.21 Å². The summed E-state index contributed by atoms with van der Waals surface area (Å²) in [6.45, 7) is 9.90. The fourth-order valence-electron chi connectivity index (χ4n) is 4.93. The van der Waals surface area contributed by atoms with E-state index in [1.807, 2.05) is 30.3 Å². The SMILES string of the molecule is CC(C)(C)c1nnc(CN2CCC([C@H]3CCCCCN3C(=O)c3ccccc3)CC2)o1. The first-order valence-corrected chi connectivity index (χ1v) is 11.8. The number of hydrogen-bond donors (Lipinski definition) is 0. The molecule has 0 radical (unpaired) electrons. The van der Waals surface area contributed by atoms with E-state index in [0.717, 1.165) is 50.9 Å². The Morgan fingerprint density at radius 1 is 1.00 bits per heavy atom. The van der Waals surface area contributed by atoms with Crippen molar-refractivity contribution in [2.45, 2.75) is 77.3 Å². The highest BCUT2D eigenvalue weighted by Crippen LogP contribution is 2.31. The van der Waals surface area contributed by atoms with Crippen molar-refractivity contribution in [3.63, 3.8) is 0 Å². The average molecular weight is 425 g/mol. The van der Waals surface area contributed by atoms with Crippen LogP contribution in [0, 0.1) is 5.92 Å². The minimum atomic E-state index is -0.119. The summed E-state index contributed by atoms with van der Waals surface area (Å²) in [7, 11) is 0. The number of hydrogen-bond acceptors (Lipinski definition) is 5. The van der Waals surface area contributed by atoms with E-state index in [0.29, 0.717) is 30.3 Å². The molecule has 1 aromatic heterocycles. The fourth-order valence-corrected chi connectivity index (χ4v) is 4.93. The van der Waals surface area contributed by atoms with Gasteiger partial charge in [-0.15, -0.1) is 10.2 Å². The third-order valence-corrected chi connectivity index (χ3v) is 6.72. The van der Waals surface area contributed by atoms with Gasteiger partial charge in [-0.2, -0.15) is 0 Å². The topological polar surface area (TPSA) is 62.5 Å². The maximum absolute atomic E-state index is 13.3. The molecule has 0 aliphatic carbocycles. The standard InChI is InChI=1S/C25H36N4O2/c1-25(2,3)24-27-26-22(31-24)18-28-16-13-19(14-17-28)21-12-8-5-9-15-29(21)23(30)20-10-6-4-7-11-20/h4,6-7,10-11,19,21H,5,8-9,12-18H2,1-3H3/t21-/m1/s1. The summed E-state index contributed by atoms with van der Waals surface area (Å²) in [4.78, 5) is 17.9. The first-order valence-electron chi connectivity index (χ1n) is 11.8. The van der Waals surface area contributed by atoms with Crippen molar-refractivity contribution in [1.82, 2.24) is 20.0 Å². The molecule has 0 unspecified atom stereocenters. The Balaban J connectivity index is 1.38. The minimum Gasteiger partial charge on any atom is -0.423 e. The molecule has 4 rings (SSSR count). The lowest BCUT2D eigenvalue weighted by molar-refractivity contribution is 0.0507. The fraction of sp³-hybridized carbons (Fsp3) is 0.640. The molecule has 2 fully saturated rings. The van der Waals surface area contributed by atoms with Crippen molar-refractivity contribution in [2.24, 2.45) is 5.92 Å². The molecule has 2 aliphatic heterocycles. The minimum absolute atomic E-state index is 0.119. The molecule has 31 heavy (non-hydrogen) atoms. The van der Waals surface area contributed by atoms with Gasteiger partial charge in [0.05, 0.1) is 6.54 Å². The molecule has 168 valence electrons. The zero-order chi connectivity index (χ0) is 21.8. The summed E-state index contributed by atoms with van der Waals surface area (Å²) in [6, 6.07) is 10.1. The van der Waals surface area contributed by atoms with Gasteiger partial charge in [0, 0.05) is 23.6 Å². The van der Waals surface area contributed by atoms with E-state index in [1.165, 1.54) is 12.8 Å². The highest BCUT2D eigenvalue weighted by atomic mass is 16.4. The average Bonchev–Trinajstić information content (AvgIpc) is 3.11.